The number of aromatic nitrogens is 2. The van der Waals surface area contributed by atoms with Gasteiger partial charge in [-0.3, -0.25) is 0 Å². The van der Waals surface area contributed by atoms with Crippen LogP contribution in [0.2, 0.25) is 5.02 Å². The first-order valence-corrected chi connectivity index (χ1v) is 5.67. The molecule has 5 heteroatoms. The monoisotopic (exact) mass is 292 g/mol. The summed E-state index contributed by atoms with van der Waals surface area (Å²) in [5.74, 6) is 0.754. The molecule has 0 radical (unpaired) electrons. The van der Waals surface area contributed by atoms with Crippen molar-refractivity contribution >= 4 is 50.2 Å². The zero-order valence-corrected chi connectivity index (χ0v) is 10.4. The van der Waals surface area contributed by atoms with E-state index in [2.05, 4.69) is 25.9 Å². The Hall–Kier alpha value is -0.250. The third kappa shape index (κ3) is 1.76. The molecule has 1 N–H and O–H groups in total. The number of nitrogens with one attached hydrogen (secondary N) is 1. The number of imidazole rings is 1. The number of halogens is 3. The molecule has 0 spiro atoms. The van der Waals surface area contributed by atoms with E-state index < -0.39 is 0 Å². The summed E-state index contributed by atoms with van der Waals surface area (Å²) in [6, 6.07) is 3.64. The second-order valence-electron chi connectivity index (χ2n) is 3.02. The van der Waals surface area contributed by atoms with Gasteiger partial charge >= 0.3 is 0 Å². The molecule has 1 aromatic heterocycles. The lowest BCUT2D eigenvalue weighted by Gasteiger charge is -1.93. The van der Waals surface area contributed by atoms with Crippen LogP contribution in [0, 0.1) is 0 Å². The summed E-state index contributed by atoms with van der Waals surface area (Å²) in [6.45, 7) is 1.87. The molecule has 1 aromatic carbocycles. The van der Waals surface area contributed by atoms with E-state index in [0.29, 0.717) is 5.02 Å². The van der Waals surface area contributed by atoms with Gasteiger partial charge in [-0.05, 0) is 35.0 Å². The molecule has 74 valence electrons. The molecule has 0 aliphatic carbocycles. The zero-order valence-electron chi connectivity index (χ0n) is 7.31. The summed E-state index contributed by atoms with van der Waals surface area (Å²) in [4.78, 5) is 7.48. The van der Waals surface area contributed by atoms with E-state index in [9.17, 15) is 0 Å². The largest absolute Gasteiger partial charge is 0.341 e. The Bertz CT molecular complexity index is 479. The van der Waals surface area contributed by atoms with Crippen molar-refractivity contribution in [3.8, 4) is 0 Å². The van der Waals surface area contributed by atoms with E-state index >= 15 is 0 Å². The Morgan fingerprint density at radius 1 is 1.50 bits per heavy atom. The van der Waals surface area contributed by atoms with Gasteiger partial charge in [-0.1, -0.05) is 11.6 Å². The van der Waals surface area contributed by atoms with Crippen molar-refractivity contribution in [2.75, 3.05) is 0 Å². The molecule has 0 aliphatic heterocycles. The average Bonchev–Trinajstić information content (AvgIpc) is 2.47. The Morgan fingerprint density at radius 2 is 2.21 bits per heavy atom. The molecule has 2 nitrogen and oxygen atoms in total. The van der Waals surface area contributed by atoms with Crippen molar-refractivity contribution in [2.24, 2.45) is 0 Å². The summed E-state index contributed by atoms with van der Waals surface area (Å²) < 4.78 is 0.875. The lowest BCUT2D eigenvalue weighted by molar-refractivity contribution is 0.962. The van der Waals surface area contributed by atoms with Crippen LogP contribution in [0.25, 0.3) is 11.0 Å². The third-order valence-electron chi connectivity index (χ3n) is 1.90. The molecule has 0 saturated carbocycles. The summed E-state index contributed by atoms with van der Waals surface area (Å²) in [6.07, 6.45) is 0. The number of nitrogens with zero attached hydrogens (tertiary/aromatic N) is 1. The van der Waals surface area contributed by atoms with Gasteiger partial charge in [0.15, 0.2) is 0 Å². The van der Waals surface area contributed by atoms with Crippen LogP contribution in [0.3, 0.4) is 0 Å². The molecular weight excluding hydrogens is 287 g/mol. The van der Waals surface area contributed by atoms with Crippen molar-refractivity contribution in [1.82, 2.24) is 9.97 Å². The predicted octanol–water partition coefficient (Wildman–Crippen LogP) is 4.28. The smallest absolute Gasteiger partial charge is 0.125 e. The summed E-state index contributed by atoms with van der Waals surface area (Å²) >= 11 is 15.2. The molecule has 0 aliphatic rings. The van der Waals surface area contributed by atoms with E-state index in [4.69, 9.17) is 23.2 Å². The minimum Gasteiger partial charge on any atom is -0.341 e. The first kappa shape index (κ1) is 10.3. The minimum absolute atomic E-state index is 0.131. The molecule has 1 heterocycles. The number of H-pyrrole nitrogens is 1. The zero-order chi connectivity index (χ0) is 10.3. The van der Waals surface area contributed by atoms with Crippen LogP contribution in [0.15, 0.2) is 16.6 Å². The quantitative estimate of drug-likeness (QED) is 0.781. The minimum atomic E-state index is -0.131. The van der Waals surface area contributed by atoms with Gasteiger partial charge in [-0.25, -0.2) is 4.98 Å². The second kappa shape index (κ2) is 3.72. The molecular formula is C9H7BrCl2N2. The average molecular weight is 294 g/mol. The molecule has 2 rings (SSSR count). The van der Waals surface area contributed by atoms with Gasteiger partial charge in [-0.15, -0.1) is 11.6 Å². The fourth-order valence-corrected chi connectivity index (χ4v) is 2.25. The fourth-order valence-electron chi connectivity index (χ4n) is 1.25. The van der Waals surface area contributed by atoms with Gasteiger partial charge in [0.2, 0.25) is 0 Å². The maximum Gasteiger partial charge on any atom is 0.125 e. The molecule has 0 fully saturated rings. The standard InChI is InChI=1S/C9H7BrCl2N2/c1-4(11)9-13-7-3-5(12)2-6(10)8(7)14-9/h2-4H,1H3,(H,13,14). The summed E-state index contributed by atoms with van der Waals surface area (Å²) in [5.41, 5.74) is 1.75. The second-order valence-corrected chi connectivity index (χ2v) is 4.97. The van der Waals surface area contributed by atoms with Crippen LogP contribution in [0.1, 0.15) is 18.1 Å². The Balaban J connectivity index is 2.70. The SMILES string of the molecule is CC(Cl)c1nc2c(Br)cc(Cl)cc2[nH]1. The van der Waals surface area contributed by atoms with E-state index in [1.807, 2.05) is 19.1 Å². The highest BCUT2D eigenvalue weighted by molar-refractivity contribution is 9.10. The number of rotatable bonds is 1. The molecule has 1 atom stereocenters. The van der Waals surface area contributed by atoms with Crippen LogP contribution in [-0.2, 0) is 0 Å². The number of hydrogen-bond acceptors (Lipinski definition) is 1. The molecule has 0 amide bonds. The normalized spacial score (nSPS) is 13.4. The summed E-state index contributed by atoms with van der Waals surface area (Å²) in [5, 5.41) is 0.537. The fraction of sp³-hybridized carbons (Fsp3) is 0.222. The number of fused-ring (bicyclic) bond motifs is 1. The first-order valence-electron chi connectivity index (χ1n) is 4.06. The number of benzene rings is 1. The van der Waals surface area contributed by atoms with Crippen LogP contribution in [0.4, 0.5) is 0 Å². The maximum absolute atomic E-state index is 5.92. The highest BCUT2D eigenvalue weighted by Crippen LogP contribution is 2.28. The van der Waals surface area contributed by atoms with Gasteiger partial charge < -0.3 is 4.98 Å². The van der Waals surface area contributed by atoms with Crippen LogP contribution >= 0.6 is 39.1 Å². The van der Waals surface area contributed by atoms with Gasteiger partial charge in [0.25, 0.3) is 0 Å². The third-order valence-corrected chi connectivity index (χ3v) is 2.93. The lowest BCUT2D eigenvalue weighted by Crippen LogP contribution is -1.85. The Kier molecular flexibility index (Phi) is 2.73. The van der Waals surface area contributed by atoms with Crippen LogP contribution in [-0.4, -0.2) is 9.97 Å². The van der Waals surface area contributed by atoms with Crippen LogP contribution in [0.5, 0.6) is 0 Å². The molecule has 0 saturated heterocycles. The van der Waals surface area contributed by atoms with Crippen molar-refractivity contribution in [1.29, 1.82) is 0 Å². The van der Waals surface area contributed by atoms with E-state index in [1.165, 1.54) is 0 Å². The topological polar surface area (TPSA) is 28.7 Å². The predicted molar refractivity (Wildman–Crippen MR) is 63.1 cm³/mol. The van der Waals surface area contributed by atoms with Gasteiger partial charge in [-0.2, -0.15) is 0 Å². The highest BCUT2D eigenvalue weighted by Gasteiger charge is 2.10. The Morgan fingerprint density at radius 3 is 2.86 bits per heavy atom. The van der Waals surface area contributed by atoms with Crippen molar-refractivity contribution < 1.29 is 0 Å². The Labute approximate surface area is 99.7 Å². The highest BCUT2D eigenvalue weighted by atomic mass is 79.9. The number of alkyl halides is 1. The van der Waals surface area contributed by atoms with E-state index in [0.717, 1.165) is 21.3 Å². The first-order chi connectivity index (χ1) is 6.58. The van der Waals surface area contributed by atoms with Crippen LogP contribution < -0.4 is 0 Å². The van der Waals surface area contributed by atoms with E-state index in [1.54, 1.807) is 0 Å². The van der Waals surface area contributed by atoms with Gasteiger partial charge in [0, 0.05) is 9.50 Å². The molecule has 0 bridgehead atoms. The van der Waals surface area contributed by atoms with Gasteiger partial charge in [0.1, 0.15) is 11.3 Å². The van der Waals surface area contributed by atoms with Crippen molar-refractivity contribution in [3.05, 3.63) is 27.5 Å². The molecule has 2 aromatic rings. The van der Waals surface area contributed by atoms with Gasteiger partial charge in [0.05, 0.1) is 10.9 Å². The molecule has 1 unspecified atom stereocenters. The van der Waals surface area contributed by atoms with Crippen molar-refractivity contribution in [2.45, 2.75) is 12.3 Å². The lowest BCUT2D eigenvalue weighted by atomic mass is 10.3. The molecule has 14 heavy (non-hydrogen) atoms. The number of hydrogen-bond donors (Lipinski definition) is 1. The van der Waals surface area contributed by atoms with E-state index in [-0.39, 0.29) is 5.38 Å². The number of aromatic amines is 1. The summed E-state index contributed by atoms with van der Waals surface area (Å²) in [7, 11) is 0. The maximum atomic E-state index is 5.92. The van der Waals surface area contributed by atoms with Crippen molar-refractivity contribution in [3.63, 3.8) is 0 Å².